The van der Waals surface area contributed by atoms with Crippen molar-refractivity contribution in [3.05, 3.63) is 23.4 Å². The molecule has 1 heterocycles. The second kappa shape index (κ2) is 7.73. The van der Waals surface area contributed by atoms with Crippen LogP contribution < -0.4 is 14.8 Å². The highest BCUT2D eigenvalue weighted by Gasteiger charge is 2.22. The van der Waals surface area contributed by atoms with E-state index >= 15 is 0 Å². The van der Waals surface area contributed by atoms with Gasteiger partial charge in [-0.05, 0) is 50.2 Å². The smallest absolute Gasteiger partial charge is 0.162 e. The van der Waals surface area contributed by atoms with E-state index in [-0.39, 0.29) is 0 Å². The van der Waals surface area contributed by atoms with Crippen molar-refractivity contribution in [2.75, 3.05) is 19.5 Å². The van der Waals surface area contributed by atoms with E-state index in [0.29, 0.717) is 6.04 Å². The van der Waals surface area contributed by atoms with Crippen molar-refractivity contribution in [1.29, 1.82) is 0 Å². The van der Waals surface area contributed by atoms with E-state index < -0.39 is 0 Å². The molecule has 4 rings (SSSR count). The highest BCUT2D eigenvalue weighted by molar-refractivity contribution is 5.96. The first-order valence-electron chi connectivity index (χ1n) is 10.1. The van der Waals surface area contributed by atoms with Crippen LogP contribution in [0, 0.1) is 0 Å². The Labute approximate surface area is 156 Å². The van der Waals surface area contributed by atoms with Gasteiger partial charge in [-0.25, -0.2) is 0 Å². The summed E-state index contributed by atoms with van der Waals surface area (Å²) in [6.07, 6.45) is 12.6. The molecule has 1 saturated carbocycles. The first-order valence-corrected chi connectivity index (χ1v) is 10.1. The van der Waals surface area contributed by atoms with Gasteiger partial charge in [0.2, 0.25) is 0 Å². The molecule has 0 unspecified atom stereocenters. The molecule has 0 aliphatic heterocycles. The maximum absolute atomic E-state index is 5.58. The van der Waals surface area contributed by atoms with E-state index in [1.54, 1.807) is 14.2 Å². The summed E-state index contributed by atoms with van der Waals surface area (Å²) in [6, 6.07) is 4.72. The summed E-state index contributed by atoms with van der Waals surface area (Å²) < 4.78 is 11.1. The number of nitrogens with one attached hydrogen (secondary N) is 1. The lowest BCUT2D eigenvalue weighted by Crippen LogP contribution is -2.23. The second-order valence-electron chi connectivity index (χ2n) is 7.68. The van der Waals surface area contributed by atoms with E-state index in [1.807, 2.05) is 6.07 Å². The van der Waals surface area contributed by atoms with Crippen LogP contribution in [0.5, 0.6) is 11.5 Å². The Morgan fingerprint density at radius 2 is 1.58 bits per heavy atom. The Kier molecular flexibility index (Phi) is 5.18. The van der Waals surface area contributed by atoms with Crippen LogP contribution in [0.4, 0.5) is 5.69 Å². The Bertz CT molecular complexity index is 782. The highest BCUT2D eigenvalue weighted by atomic mass is 16.5. The van der Waals surface area contributed by atoms with Crippen LogP contribution >= 0.6 is 0 Å². The van der Waals surface area contributed by atoms with Crippen LogP contribution in [0.25, 0.3) is 10.9 Å². The van der Waals surface area contributed by atoms with E-state index in [2.05, 4.69) is 11.4 Å². The summed E-state index contributed by atoms with van der Waals surface area (Å²) in [5, 5.41) is 5.11. The number of hydrogen-bond acceptors (Lipinski definition) is 4. The fourth-order valence-electron chi connectivity index (χ4n) is 4.54. The quantitative estimate of drug-likeness (QED) is 0.760. The van der Waals surface area contributed by atoms with Gasteiger partial charge < -0.3 is 14.8 Å². The molecule has 2 aliphatic carbocycles. The highest BCUT2D eigenvalue weighted by Crippen LogP contribution is 2.39. The van der Waals surface area contributed by atoms with Gasteiger partial charge >= 0.3 is 0 Å². The predicted molar refractivity (Wildman–Crippen MR) is 107 cm³/mol. The number of aryl methyl sites for hydroxylation is 1. The summed E-state index contributed by atoms with van der Waals surface area (Å²) in [7, 11) is 3.39. The number of hydrogen-bond donors (Lipinski definition) is 1. The molecule has 0 saturated heterocycles. The first-order chi connectivity index (χ1) is 12.8. The molecule has 1 aromatic carbocycles. The van der Waals surface area contributed by atoms with Gasteiger partial charge in [0.05, 0.1) is 19.7 Å². The van der Waals surface area contributed by atoms with Crippen LogP contribution in [0.3, 0.4) is 0 Å². The zero-order valence-electron chi connectivity index (χ0n) is 16.1. The number of pyridine rings is 1. The molecule has 0 atom stereocenters. The van der Waals surface area contributed by atoms with E-state index in [1.165, 1.54) is 73.7 Å². The maximum Gasteiger partial charge on any atom is 0.162 e. The molecule has 2 aromatic rings. The van der Waals surface area contributed by atoms with Crippen molar-refractivity contribution >= 4 is 16.6 Å². The SMILES string of the molecule is COc1cc2nc3c(c(NC4CCCCC4)c2cc1OC)CCCCC3. The van der Waals surface area contributed by atoms with Crippen LogP contribution in [-0.4, -0.2) is 25.2 Å². The number of aromatic nitrogens is 1. The Morgan fingerprint density at radius 3 is 2.35 bits per heavy atom. The molecule has 2 aliphatic rings. The van der Waals surface area contributed by atoms with Crippen molar-refractivity contribution in [2.24, 2.45) is 0 Å². The van der Waals surface area contributed by atoms with Crippen molar-refractivity contribution in [3.8, 4) is 11.5 Å². The van der Waals surface area contributed by atoms with Crippen LogP contribution in [0.15, 0.2) is 12.1 Å². The Morgan fingerprint density at radius 1 is 0.885 bits per heavy atom. The lowest BCUT2D eigenvalue weighted by molar-refractivity contribution is 0.356. The zero-order chi connectivity index (χ0) is 17.9. The van der Waals surface area contributed by atoms with Crippen LogP contribution in [-0.2, 0) is 12.8 Å². The van der Waals surface area contributed by atoms with Gasteiger partial charge in [-0.1, -0.05) is 25.7 Å². The number of benzene rings is 1. The third-order valence-corrected chi connectivity index (χ3v) is 5.97. The molecule has 0 amide bonds. The molecule has 1 fully saturated rings. The summed E-state index contributed by atoms with van der Waals surface area (Å²) in [5.74, 6) is 1.53. The minimum Gasteiger partial charge on any atom is -0.493 e. The van der Waals surface area contributed by atoms with Crippen LogP contribution in [0.2, 0.25) is 0 Å². The first kappa shape index (κ1) is 17.4. The second-order valence-corrected chi connectivity index (χ2v) is 7.68. The monoisotopic (exact) mass is 354 g/mol. The van der Waals surface area contributed by atoms with Crippen molar-refractivity contribution in [2.45, 2.75) is 70.3 Å². The standard InChI is InChI=1S/C22H30N2O2/c1-25-20-13-17-19(14-21(20)26-2)24-18-12-8-4-7-11-16(18)22(17)23-15-9-5-3-6-10-15/h13-15H,3-12H2,1-2H3,(H,23,24). The molecule has 4 nitrogen and oxygen atoms in total. The average molecular weight is 354 g/mol. The third kappa shape index (κ3) is 3.34. The summed E-state index contributed by atoms with van der Waals surface area (Å²) >= 11 is 0. The molecule has 0 radical (unpaired) electrons. The van der Waals surface area contributed by atoms with Gasteiger partial charge in [0.25, 0.3) is 0 Å². The van der Waals surface area contributed by atoms with Gasteiger partial charge in [0, 0.05) is 28.9 Å². The molecular formula is C22H30N2O2. The number of anilines is 1. The molecule has 26 heavy (non-hydrogen) atoms. The zero-order valence-corrected chi connectivity index (χ0v) is 16.1. The van der Waals surface area contributed by atoms with E-state index in [9.17, 15) is 0 Å². The van der Waals surface area contributed by atoms with Gasteiger partial charge in [-0.2, -0.15) is 0 Å². The molecule has 1 N–H and O–H groups in total. The van der Waals surface area contributed by atoms with Crippen molar-refractivity contribution in [3.63, 3.8) is 0 Å². The molecule has 4 heteroatoms. The average Bonchev–Trinajstić information content (AvgIpc) is 2.93. The molecule has 140 valence electrons. The topological polar surface area (TPSA) is 43.4 Å². The fraction of sp³-hybridized carbons (Fsp3) is 0.591. The minimum absolute atomic E-state index is 0.579. The number of rotatable bonds is 4. The summed E-state index contributed by atoms with van der Waals surface area (Å²) in [6.45, 7) is 0. The number of methoxy groups -OCH3 is 2. The minimum atomic E-state index is 0.579. The predicted octanol–water partition coefficient (Wildman–Crippen LogP) is 5.27. The van der Waals surface area contributed by atoms with Gasteiger partial charge in [-0.15, -0.1) is 0 Å². The Hall–Kier alpha value is -1.97. The normalized spacial score (nSPS) is 18.2. The lowest BCUT2D eigenvalue weighted by atomic mass is 9.94. The van der Waals surface area contributed by atoms with E-state index in [4.69, 9.17) is 14.5 Å². The summed E-state index contributed by atoms with van der Waals surface area (Å²) in [4.78, 5) is 5.04. The van der Waals surface area contributed by atoms with Gasteiger partial charge in [0.15, 0.2) is 11.5 Å². The number of fused-ring (bicyclic) bond motifs is 2. The maximum atomic E-state index is 5.58. The van der Waals surface area contributed by atoms with Gasteiger partial charge in [-0.3, -0.25) is 4.98 Å². The molecule has 1 aromatic heterocycles. The van der Waals surface area contributed by atoms with Crippen LogP contribution in [0.1, 0.15) is 62.6 Å². The Balaban J connectivity index is 1.86. The largest absolute Gasteiger partial charge is 0.493 e. The van der Waals surface area contributed by atoms with Crippen molar-refractivity contribution < 1.29 is 9.47 Å². The molecule has 0 spiro atoms. The number of ether oxygens (including phenoxy) is 2. The van der Waals surface area contributed by atoms with Gasteiger partial charge in [0.1, 0.15) is 0 Å². The fourth-order valence-corrected chi connectivity index (χ4v) is 4.54. The summed E-state index contributed by atoms with van der Waals surface area (Å²) in [5.41, 5.74) is 5.04. The number of nitrogens with zero attached hydrogens (tertiary/aromatic N) is 1. The van der Waals surface area contributed by atoms with Crippen molar-refractivity contribution in [1.82, 2.24) is 4.98 Å². The molecule has 0 bridgehead atoms. The lowest BCUT2D eigenvalue weighted by Gasteiger charge is -2.27. The third-order valence-electron chi connectivity index (χ3n) is 5.97. The van der Waals surface area contributed by atoms with E-state index in [0.717, 1.165) is 29.9 Å². The molecular weight excluding hydrogens is 324 g/mol.